The summed E-state index contributed by atoms with van der Waals surface area (Å²) in [6.45, 7) is 1.53. The molecule has 0 aliphatic carbocycles. The maximum absolute atomic E-state index is 13.3. The lowest BCUT2D eigenvalue weighted by molar-refractivity contribution is -0.157. The Morgan fingerprint density at radius 2 is 1.13 bits per heavy atom. The molecule has 1 amide bonds. The third kappa shape index (κ3) is 9.04. The van der Waals surface area contributed by atoms with Crippen molar-refractivity contribution in [2.45, 2.75) is 31.5 Å². The molecule has 10 nitrogen and oxygen atoms in total. The summed E-state index contributed by atoms with van der Waals surface area (Å²) in [6.07, 6.45) is -15.1. The molecule has 238 valence electrons. The number of hydrogen-bond acceptors (Lipinski definition) is 8. The molecule has 45 heavy (non-hydrogen) atoms. The number of anilines is 1. The summed E-state index contributed by atoms with van der Waals surface area (Å²) < 4.78 is 93.6. The first kappa shape index (κ1) is 34.1. The van der Waals surface area contributed by atoms with Gasteiger partial charge in [-0.05, 0) is 61.5 Å². The molecule has 2 N–H and O–H groups in total. The van der Waals surface area contributed by atoms with Gasteiger partial charge in [0.05, 0.1) is 34.4 Å². The smallest absolute Gasteiger partial charge is 0.416 e. The topological polar surface area (TPSA) is 145 Å². The number of carbonyl (C=O) groups excluding carboxylic acids is 4. The van der Waals surface area contributed by atoms with E-state index in [9.17, 15) is 55.4 Å². The molecule has 0 fully saturated rings. The Morgan fingerprint density at radius 3 is 1.58 bits per heavy atom. The summed E-state index contributed by atoms with van der Waals surface area (Å²) in [6, 6.07) is 10.2. The molecule has 0 aliphatic heterocycles. The molecule has 0 saturated heterocycles. The fraction of sp³-hybridized carbons (Fsp3) is 0.207. The van der Waals surface area contributed by atoms with Crippen LogP contribution in [0.4, 0.5) is 32.0 Å². The van der Waals surface area contributed by atoms with E-state index in [1.807, 2.05) is 0 Å². The van der Waals surface area contributed by atoms with E-state index < -0.39 is 76.6 Å². The van der Waals surface area contributed by atoms with Crippen LogP contribution < -0.4 is 5.32 Å². The number of carboxylic acid groups (broad SMARTS) is 1. The summed E-state index contributed by atoms with van der Waals surface area (Å²) in [5.41, 5.74) is -4.41. The van der Waals surface area contributed by atoms with Crippen molar-refractivity contribution in [3.8, 4) is 0 Å². The summed E-state index contributed by atoms with van der Waals surface area (Å²) in [4.78, 5) is 63.1. The largest absolute Gasteiger partial charge is 0.478 e. The number of benzene rings is 3. The highest BCUT2D eigenvalue weighted by atomic mass is 19.4. The number of carbonyl (C=O) groups is 5. The van der Waals surface area contributed by atoms with Crippen molar-refractivity contribution in [3.05, 3.63) is 101 Å². The van der Waals surface area contributed by atoms with Gasteiger partial charge < -0.3 is 24.6 Å². The summed E-state index contributed by atoms with van der Waals surface area (Å²) >= 11 is 0. The first-order valence-corrected chi connectivity index (χ1v) is 12.6. The van der Waals surface area contributed by atoms with Gasteiger partial charge in [-0.1, -0.05) is 18.2 Å². The highest BCUT2D eigenvalue weighted by Crippen LogP contribution is 2.31. The first-order valence-electron chi connectivity index (χ1n) is 12.6. The maximum atomic E-state index is 13.3. The lowest BCUT2D eigenvalue weighted by atomic mass is 10.1. The van der Waals surface area contributed by atoms with Crippen molar-refractivity contribution in [2.75, 3.05) is 11.9 Å². The average Bonchev–Trinajstić information content (AvgIpc) is 2.98. The number of amides is 1. The predicted molar refractivity (Wildman–Crippen MR) is 140 cm³/mol. The van der Waals surface area contributed by atoms with Crippen molar-refractivity contribution in [1.29, 1.82) is 0 Å². The molecule has 0 aromatic heterocycles. The number of nitrogens with one attached hydrogen (secondary N) is 1. The molecular weight excluding hydrogens is 620 g/mol. The summed E-state index contributed by atoms with van der Waals surface area (Å²) in [5, 5.41) is 12.0. The van der Waals surface area contributed by atoms with Gasteiger partial charge in [0.25, 0.3) is 5.91 Å². The summed E-state index contributed by atoms with van der Waals surface area (Å²) in [5.74, 6) is -7.75. The zero-order valence-electron chi connectivity index (χ0n) is 22.8. The third-order valence-electron chi connectivity index (χ3n) is 5.74. The van der Waals surface area contributed by atoms with Gasteiger partial charge in [-0.15, -0.1) is 0 Å². The number of halogens is 6. The van der Waals surface area contributed by atoms with Crippen molar-refractivity contribution >= 4 is 35.5 Å². The highest BCUT2D eigenvalue weighted by Gasteiger charge is 2.42. The minimum Gasteiger partial charge on any atom is -0.478 e. The van der Waals surface area contributed by atoms with Crippen molar-refractivity contribution in [2.24, 2.45) is 0 Å². The van der Waals surface area contributed by atoms with Crippen molar-refractivity contribution < 1.29 is 69.6 Å². The number of aliphatic carboxylic acids is 1. The number of alkyl halides is 6. The van der Waals surface area contributed by atoms with E-state index in [1.54, 1.807) is 0 Å². The molecule has 3 aromatic rings. The van der Waals surface area contributed by atoms with Crippen LogP contribution in [-0.2, 0) is 36.2 Å². The number of rotatable bonds is 10. The third-order valence-corrected chi connectivity index (χ3v) is 5.74. The maximum Gasteiger partial charge on any atom is 0.416 e. The second-order valence-corrected chi connectivity index (χ2v) is 8.94. The first-order chi connectivity index (χ1) is 21.0. The fourth-order valence-electron chi connectivity index (χ4n) is 3.66. The molecule has 0 aliphatic rings. The highest BCUT2D eigenvalue weighted by molar-refractivity contribution is 6.02. The Kier molecular flexibility index (Phi) is 10.5. The van der Waals surface area contributed by atoms with Crippen LogP contribution in [0.15, 0.2) is 72.8 Å². The quantitative estimate of drug-likeness (QED) is 0.169. The second-order valence-electron chi connectivity index (χ2n) is 8.94. The van der Waals surface area contributed by atoms with Crippen molar-refractivity contribution in [3.63, 3.8) is 0 Å². The van der Waals surface area contributed by atoms with E-state index in [1.165, 1.54) is 25.1 Å². The zero-order valence-corrected chi connectivity index (χ0v) is 22.8. The molecule has 0 bridgehead atoms. The number of carboxylic acids is 1. The van der Waals surface area contributed by atoms with Crippen LogP contribution in [0.3, 0.4) is 0 Å². The normalized spacial score (nSPS) is 12.8. The van der Waals surface area contributed by atoms with E-state index in [4.69, 9.17) is 14.2 Å². The van der Waals surface area contributed by atoms with Gasteiger partial charge in [0, 0.05) is 5.69 Å². The van der Waals surface area contributed by atoms with Crippen LogP contribution >= 0.6 is 0 Å². The number of ether oxygens (including phenoxy) is 3. The van der Waals surface area contributed by atoms with Gasteiger partial charge in [-0.3, -0.25) is 4.79 Å². The van der Waals surface area contributed by atoms with E-state index in [0.29, 0.717) is 24.3 Å². The summed E-state index contributed by atoms with van der Waals surface area (Å²) in [7, 11) is 0. The average molecular weight is 641 g/mol. The number of esters is 3. The molecule has 16 heteroatoms. The molecule has 3 aromatic carbocycles. The van der Waals surface area contributed by atoms with Crippen molar-refractivity contribution in [1.82, 2.24) is 0 Å². The van der Waals surface area contributed by atoms with Crippen LogP contribution in [0.2, 0.25) is 0 Å². The van der Waals surface area contributed by atoms with E-state index in [-0.39, 0.29) is 17.9 Å². The molecule has 3 rings (SSSR count). The van der Waals surface area contributed by atoms with Gasteiger partial charge in [-0.25, -0.2) is 19.2 Å². The van der Waals surface area contributed by atoms with Crippen LogP contribution in [0.1, 0.15) is 49.1 Å². The zero-order chi connectivity index (χ0) is 33.5. The van der Waals surface area contributed by atoms with Crippen LogP contribution in [0.5, 0.6) is 0 Å². The van der Waals surface area contributed by atoms with Gasteiger partial charge >= 0.3 is 36.2 Å². The predicted octanol–water partition coefficient (Wildman–Crippen LogP) is 5.38. The Bertz CT molecular complexity index is 1600. The van der Waals surface area contributed by atoms with Gasteiger partial charge in [-0.2, -0.15) is 26.3 Å². The standard InChI is InChI=1S/C29H21F6NO9/c1-2-43-25(40)17-8-5-11-20(14-17)36-23(37)21(44-26(41)15-6-3-9-18(12-15)28(30,31)32)22(24(38)39)45-27(42)16-7-4-10-19(13-16)29(33,34)35/h3-14,21-22H,2H2,1H3,(H,36,37)(H,38,39)/t21-,22-/m1/s1. The van der Waals surface area contributed by atoms with Crippen LogP contribution in [-0.4, -0.2) is 53.7 Å². The number of hydrogen-bond donors (Lipinski definition) is 2. The molecule has 0 spiro atoms. The molecule has 0 unspecified atom stereocenters. The van der Waals surface area contributed by atoms with E-state index >= 15 is 0 Å². The molecular formula is C29H21F6NO9. The Hall–Kier alpha value is -5.41. The monoisotopic (exact) mass is 641 g/mol. The Labute approximate surface area is 249 Å². The minimum absolute atomic E-state index is 0.000518. The van der Waals surface area contributed by atoms with Gasteiger partial charge in [0.1, 0.15) is 0 Å². The van der Waals surface area contributed by atoms with Gasteiger partial charge in [0.15, 0.2) is 0 Å². The second kappa shape index (κ2) is 13.9. The Balaban J connectivity index is 1.99. The van der Waals surface area contributed by atoms with E-state index in [0.717, 1.165) is 30.3 Å². The molecule has 0 radical (unpaired) electrons. The lowest BCUT2D eigenvalue weighted by Crippen LogP contribution is -2.48. The van der Waals surface area contributed by atoms with Gasteiger partial charge in [0.2, 0.25) is 12.2 Å². The molecule has 0 saturated carbocycles. The van der Waals surface area contributed by atoms with E-state index in [2.05, 4.69) is 5.32 Å². The molecule has 2 atom stereocenters. The SMILES string of the molecule is CCOC(=O)c1cccc(NC(=O)[C@H](OC(=O)c2cccc(C(F)(F)F)c2)[C@@H](OC(=O)c2cccc(C(F)(F)F)c2)C(=O)O)c1. The minimum atomic E-state index is -4.90. The Morgan fingerprint density at radius 1 is 0.689 bits per heavy atom. The van der Waals surface area contributed by atoms with Crippen LogP contribution in [0, 0.1) is 0 Å². The molecule has 0 heterocycles. The fourth-order valence-corrected chi connectivity index (χ4v) is 3.66. The lowest BCUT2D eigenvalue weighted by Gasteiger charge is -2.24. The van der Waals surface area contributed by atoms with Crippen LogP contribution in [0.25, 0.3) is 0 Å².